The van der Waals surface area contributed by atoms with Crippen molar-refractivity contribution in [3.63, 3.8) is 0 Å². The maximum atomic E-state index is 13.8. The Morgan fingerprint density at radius 3 is 2.53 bits per heavy atom. The van der Waals surface area contributed by atoms with Crippen LogP contribution in [0.4, 0.5) is 17.6 Å². The molecule has 0 atom stereocenters. The molecule has 0 saturated carbocycles. The number of methoxy groups -OCH3 is 1. The van der Waals surface area contributed by atoms with Crippen molar-refractivity contribution in [2.75, 3.05) is 26.7 Å². The van der Waals surface area contributed by atoms with E-state index in [4.69, 9.17) is 10.5 Å². The standard InChI is InChI=1S/C12H16F4N2O/c1-19-10-4-2-3-9(11(10)13)7-18(6-5-17)8-12(14,15)16/h2-4H,5-8,17H2,1H3. The van der Waals surface area contributed by atoms with Gasteiger partial charge >= 0.3 is 6.18 Å². The van der Waals surface area contributed by atoms with Gasteiger partial charge in [-0.15, -0.1) is 0 Å². The van der Waals surface area contributed by atoms with Gasteiger partial charge in [-0.3, -0.25) is 4.90 Å². The average Bonchev–Trinajstić information content (AvgIpc) is 2.30. The summed E-state index contributed by atoms with van der Waals surface area (Å²) >= 11 is 0. The van der Waals surface area contributed by atoms with Crippen LogP contribution in [-0.4, -0.2) is 37.8 Å². The van der Waals surface area contributed by atoms with E-state index >= 15 is 0 Å². The lowest BCUT2D eigenvalue weighted by Crippen LogP contribution is -2.37. The first-order chi connectivity index (χ1) is 8.87. The van der Waals surface area contributed by atoms with E-state index in [2.05, 4.69) is 0 Å². The Bertz CT molecular complexity index is 409. The lowest BCUT2D eigenvalue weighted by atomic mass is 10.2. The maximum Gasteiger partial charge on any atom is 0.401 e. The topological polar surface area (TPSA) is 38.5 Å². The molecule has 0 radical (unpaired) electrons. The van der Waals surface area contributed by atoms with Crippen LogP contribution >= 0.6 is 0 Å². The van der Waals surface area contributed by atoms with Gasteiger partial charge in [-0.05, 0) is 6.07 Å². The van der Waals surface area contributed by atoms with Gasteiger partial charge in [0, 0.05) is 25.2 Å². The van der Waals surface area contributed by atoms with Gasteiger partial charge in [0.15, 0.2) is 11.6 Å². The molecule has 1 aromatic carbocycles. The number of halogens is 4. The summed E-state index contributed by atoms with van der Waals surface area (Å²) in [6.07, 6.45) is -4.34. The zero-order valence-electron chi connectivity index (χ0n) is 10.5. The van der Waals surface area contributed by atoms with Crippen molar-refractivity contribution in [3.05, 3.63) is 29.6 Å². The number of nitrogens with two attached hydrogens (primary N) is 1. The van der Waals surface area contributed by atoms with Crippen molar-refractivity contribution in [3.8, 4) is 5.75 Å². The molecule has 7 heteroatoms. The molecule has 0 fully saturated rings. The summed E-state index contributed by atoms with van der Waals surface area (Å²) in [4.78, 5) is 1.05. The fourth-order valence-corrected chi connectivity index (χ4v) is 1.73. The number of nitrogens with zero attached hydrogens (tertiary/aromatic N) is 1. The van der Waals surface area contributed by atoms with E-state index in [-0.39, 0.29) is 30.9 Å². The zero-order chi connectivity index (χ0) is 14.5. The third-order valence-corrected chi connectivity index (χ3v) is 2.51. The van der Waals surface area contributed by atoms with Crippen LogP contribution in [0.5, 0.6) is 5.75 Å². The molecule has 0 aliphatic heterocycles. The lowest BCUT2D eigenvalue weighted by Gasteiger charge is -2.23. The molecule has 0 aromatic heterocycles. The predicted octanol–water partition coefficient (Wildman–Crippen LogP) is 2.16. The minimum Gasteiger partial charge on any atom is -0.494 e. The van der Waals surface area contributed by atoms with Crippen LogP contribution in [-0.2, 0) is 6.54 Å². The molecule has 19 heavy (non-hydrogen) atoms. The molecule has 3 nitrogen and oxygen atoms in total. The third kappa shape index (κ3) is 5.04. The Hall–Kier alpha value is -1.34. The summed E-state index contributed by atoms with van der Waals surface area (Å²) < 4.78 is 55.8. The zero-order valence-corrected chi connectivity index (χ0v) is 10.5. The normalized spacial score (nSPS) is 11.9. The largest absolute Gasteiger partial charge is 0.494 e. The minimum atomic E-state index is -4.34. The smallest absolute Gasteiger partial charge is 0.401 e. The number of benzene rings is 1. The molecular formula is C12H16F4N2O. The van der Waals surface area contributed by atoms with Crippen LogP contribution in [0.2, 0.25) is 0 Å². The van der Waals surface area contributed by atoms with Crippen molar-refractivity contribution in [1.29, 1.82) is 0 Å². The van der Waals surface area contributed by atoms with Gasteiger partial charge < -0.3 is 10.5 Å². The van der Waals surface area contributed by atoms with E-state index < -0.39 is 18.5 Å². The summed E-state index contributed by atoms with van der Waals surface area (Å²) in [5.74, 6) is -0.633. The van der Waals surface area contributed by atoms with Crippen LogP contribution in [0.25, 0.3) is 0 Å². The Balaban J connectivity index is 2.84. The van der Waals surface area contributed by atoms with Gasteiger partial charge in [0.1, 0.15) is 0 Å². The Kier molecular flexibility index (Phi) is 5.56. The molecule has 0 spiro atoms. The molecule has 0 unspecified atom stereocenters. The molecule has 1 aromatic rings. The maximum absolute atomic E-state index is 13.8. The number of rotatable bonds is 6. The van der Waals surface area contributed by atoms with Gasteiger partial charge in [-0.2, -0.15) is 13.2 Å². The first-order valence-electron chi connectivity index (χ1n) is 5.68. The van der Waals surface area contributed by atoms with Crippen LogP contribution < -0.4 is 10.5 Å². The number of hydrogen-bond donors (Lipinski definition) is 1. The fourth-order valence-electron chi connectivity index (χ4n) is 1.73. The van der Waals surface area contributed by atoms with E-state index in [0.717, 1.165) is 4.90 Å². The highest BCUT2D eigenvalue weighted by Crippen LogP contribution is 2.23. The van der Waals surface area contributed by atoms with Crippen LogP contribution in [0, 0.1) is 5.82 Å². The van der Waals surface area contributed by atoms with Crippen molar-refractivity contribution in [1.82, 2.24) is 4.90 Å². The molecule has 1 rings (SSSR count). The SMILES string of the molecule is COc1cccc(CN(CCN)CC(F)(F)F)c1F. The van der Waals surface area contributed by atoms with E-state index in [1.165, 1.54) is 25.3 Å². The summed E-state index contributed by atoms with van der Waals surface area (Å²) in [5, 5.41) is 0. The molecule has 0 amide bonds. The van der Waals surface area contributed by atoms with Crippen molar-refractivity contribution < 1.29 is 22.3 Å². The molecule has 0 heterocycles. The summed E-state index contributed by atoms with van der Waals surface area (Å²) in [7, 11) is 1.30. The quantitative estimate of drug-likeness (QED) is 0.812. The van der Waals surface area contributed by atoms with Gasteiger partial charge in [-0.1, -0.05) is 12.1 Å². The van der Waals surface area contributed by atoms with Crippen molar-refractivity contribution in [2.24, 2.45) is 5.73 Å². The first-order valence-corrected chi connectivity index (χ1v) is 5.68. The Morgan fingerprint density at radius 2 is 2.00 bits per heavy atom. The van der Waals surface area contributed by atoms with Gasteiger partial charge in [0.25, 0.3) is 0 Å². The fraction of sp³-hybridized carbons (Fsp3) is 0.500. The molecule has 0 aliphatic rings. The second-order valence-electron chi connectivity index (χ2n) is 4.05. The van der Waals surface area contributed by atoms with Gasteiger partial charge in [-0.25, -0.2) is 4.39 Å². The van der Waals surface area contributed by atoms with Crippen molar-refractivity contribution >= 4 is 0 Å². The Morgan fingerprint density at radius 1 is 1.32 bits per heavy atom. The van der Waals surface area contributed by atoms with Crippen LogP contribution in [0.15, 0.2) is 18.2 Å². The highest BCUT2D eigenvalue weighted by Gasteiger charge is 2.30. The molecule has 0 saturated heterocycles. The molecule has 0 bridgehead atoms. The molecular weight excluding hydrogens is 264 g/mol. The number of alkyl halides is 3. The van der Waals surface area contributed by atoms with Crippen molar-refractivity contribution in [2.45, 2.75) is 12.7 Å². The van der Waals surface area contributed by atoms with E-state index in [1.54, 1.807) is 0 Å². The van der Waals surface area contributed by atoms with Crippen LogP contribution in [0.1, 0.15) is 5.56 Å². The number of ether oxygens (including phenoxy) is 1. The highest BCUT2D eigenvalue weighted by atomic mass is 19.4. The van der Waals surface area contributed by atoms with E-state index in [1.807, 2.05) is 0 Å². The first kappa shape index (κ1) is 15.7. The van der Waals surface area contributed by atoms with Gasteiger partial charge in [0.05, 0.1) is 13.7 Å². The molecule has 0 aliphatic carbocycles. The summed E-state index contributed by atoms with van der Waals surface area (Å²) in [6.45, 7) is -1.18. The third-order valence-electron chi connectivity index (χ3n) is 2.51. The number of hydrogen-bond acceptors (Lipinski definition) is 3. The molecule has 2 N–H and O–H groups in total. The Labute approximate surface area is 108 Å². The van der Waals surface area contributed by atoms with Crippen LogP contribution in [0.3, 0.4) is 0 Å². The minimum absolute atomic E-state index is 0.0113. The lowest BCUT2D eigenvalue weighted by molar-refractivity contribution is -0.146. The summed E-state index contributed by atoms with van der Waals surface area (Å²) in [5.41, 5.74) is 5.42. The highest BCUT2D eigenvalue weighted by molar-refractivity contribution is 5.30. The second kappa shape index (κ2) is 6.72. The molecule has 108 valence electrons. The van der Waals surface area contributed by atoms with E-state index in [0.29, 0.717) is 0 Å². The van der Waals surface area contributed by atoms with Gasteiger partial charge in [0.2, 0.25) is 0 Å². The van der Waals surface area contributed by atoms with E-state index in [9.17, 15) is 17.6 Å². The average molecular weight is 280 g/mol. The predicted molar refractivity (Wildman–Crippen MR) is 63.3 cm³/mol. The monoisotopic (exact) mass is 280 g/mol. The second-order valence-corrected chi connectivity index (χ2v) is 4.05. The summed E-state index contributed by atoms with van der Waals surface area (Å²) in [6, 6.07) is 4.37.